The summed E-state index contributed by atoms with van der Waals surface area (Å²) in [6.07, 6.45) is 0.904. The second kappa shape index (κ2) is 5.23. The van der Waals surface area contributed by atoms with Crippen molar-refractivity contribution in [3.63, 3.8) is 0 Å². The monoisotopic (exact) mass is 257 g/mol. The molecule has 0 saturated heterocycles. The molecular formula is C15H15NO3. The third-order valence-corrected chi connectivity index (χ3v) is 3.77. The van der Waals surface area contributed by atoms with Crippen LogP contribution in [0.5, 0.6) is 0 Å². The molecule has 0 heterocycles. The maximum Gasteiger partial charge on any atom is 0.316 e. The van der Waals surface area contributed by atoms with Crippen LogP contribution in [0, 0.1) is 17.2 Å². The van der Waals surface area contributed by atoms with Crippen molar-refractivity contribution in [3.8, 4) is 6.07 Å². The number of rotatable bonds is 2. The second-order valence-electron chi connectivity index (χ2n) is 4.81. The fourth-order valence-corrected chi connectivity index (χ4v) is 2.62. The Balaban J connectivity index is 2.36. The number of Topliss-reactive ketones (excluding diaryl/α,β-unsaturated/α-hetero) is 1. The SMILES string of the molecule is COC(=O)C1CC(C#N)(c2ccccc2)CCC1=O. The van der Waals surface area contributed by atoms with Crippen molar-refractivity contribution in [2.45, 2.75) is 24.7 Å². The summed E-state index contributed by atoms with van der Waals surface area (Å²) in [6, 6.07) is 11.6. The quantitative estimate of drug-likeness (QED) is 0.600. The lowest BCUT2D eigenvalue weighted by molar-refractivity contribution is -0.151. The van der Waals surface area contributed by atoms with Crippen LogP contribution in [0.2, 0.25) is 0 Å². The van der Waals surface area contributed by atoms with E-state index >= 15 is 0 Å². The van der Waals surface area contributed by atoms with Crippen molar-refractivity contribution < 1.29 is 14.3 Å². The lowest BCUT2D eigenvalue weighted by atomic mass is 9.66. The lowest BCUT2D eigenvalue weighted by Gasteiger charge is -2.34. The van der Waals surface area contributed by atoms with E-state index in [1.165, 1.54) is 7.11 Å². The van der Waals surface area contributed by atoms with Crippen LogP contribution >= 0.6 is 0 Å². The average Bonchev–Trinajstić information content (AvgIpc) is 2.48. The Labute approximate surface area is 112 Å². The fourth-order valence-electron chi connectivity index (χ4n) is 2.62. The Hall–Kier alpha value is -2.15. The van der Waals surface area contributed by atoms with Crippen LogP contribution in [0.1, 0.15) is 24.8 Å². The van der Waals surface area contributed by atoms with Crippen LogP contribution in [0.4, 0.5) is 0 Å². The van der Waals surface area contributed by atoms with Crippen molar-refractivity contribution >= 4 is 11.8 Å². The molecule has 1 saturated carbocycles. The third kappa shape index (κ3) is 2.37. The Bertz CT molecular complexity index is 524. The number of ketones is 1. The molecule has 4 heteroatoms. The summed E-state index contributed by atoms with van der Waals surface area (Å²) in [7, 11) is 1.26. The zero-order valence-corrected chi connectivity index (χ0v) is 10.8. The van der Waals surface area contributed by atoms with Crippen LogP contribution in [0.3, 0.4) is 0 Å². The van der Waals surface area contributed by atoms with E-state index in [1.807, 2.05) is 30.3 Å². The number of carbonyl (C=O) groups excluding carboxylic acids is 2. The highest BCUT2D eigenvalue weighted by Crippen LogP contribution is 2.40. The summed E-state index contributed by atoms with van der Waals surface area (Å²) in [5.41, 5.74) is 0.0903. The molecular weight excluding hydrogens is 242 g/mol. The topological polar surface area (TPSA) is 67.2 Å². The van der Waals surface area contributed by atoms with Crippen molar-refractivity contribution in [1.82, 2.24) is 0 Å². The molecule has 1 fully saturated rings. The fraction of sp³-hybridized carbons (Fsp3) is 0.400. The van der Waals surface area contributed by atoms with Gasteiger partial charge in [0, 0.05) is 6.42 Å². The van der Waals surface area contributed by atoms with Gasteiger partial charge in [-0.1, -0.05) is 30.3 Å². The highest BCUT2D eigenvalue weighted by Gasteiger charge is 2.45. The standard InChI is InChI=1S/C15H15NO3/c1-19-14(18)12-9-15(10-16,8-7-13(12)17)11-5-3-2-4-6-11/h2-6,12H,7-9H2,1H3. The molecule has 1 aliphatic carbocycles. The summed E-state index contributed by atoms with van der Waals surface area (Å²) in [5.74, 6) is -1.49. The van der Waals surface area contributed by atoms with Gasteiger partial charge in [0.1, 0.15) is 11.7 Å². The molecule has 2 unspecified atom stereocenters. The second-order valence-corrected chi connectivity index (χ2v) is 4.81. The summed E-state index contributed by atoms with van der Waals surface area (Å²) in [5, 5.41) is 9.54. The number of hydrogen-bond donors (Lipinski definition) is 0. The first-order valence-corrected chi connectivity index (χ1v) is 6.20. The molecule has 0 aromatic heterocycles. The molecule has 1 aliphatic rings. The Morgan fingerprint density at radius 3 is 2.68 bits per heavy atom. The van der Waals surface area contributed by atoms with Crippen molar-refractivity contribution in [1.29, 1.82) is 5.26 Å². The molecule has 0 amide bonds. The molecule has 0 bridgehead atoms. The number of nitrogens with zero attached hydrogens (tertiary/aromatic N) is 1. The molecule has 98 valence electrons. The van der Waals surface area contributed by atoms with Gasteiger partial charge in [0.25, 0.3) is 0 Å². The Kier molecular flexibility index (Phi) is 3.66. The van der Waals surface area contributed by atoms with Crippen LogP contribution in [-0.4, -0.2) is 18.9 Å². The maximum absolute atomic E-state index is 11.8. The van der Waals surface area contributed by atoms with Crippen molar-refractivity contribution in [3.05, 3.63) is 35.9 Å². The Morgan fingerprint density at radius 2 is 2.11 bits per heavy atom. The van der Waals surface area contributed by atoms with Crippen molar-refractivity contribution in [2.75, 3.05) is 7.11 Å². The van der Waals surface area contributed by atoms with E-state index in [0.717, 1.165) is 5.56 Å². The normalized spacial score (nSPS) is 26.5. The number of benzene rings is 1. The van der Waals surface area contributed by atoms with Gasteiger partial charge in [-0.2, -0.15) is 5.26 Å². The lowest BCUT2D eigenvalue weighted by Crippen LogP contribution is -2.40. The number of esters is 1. The predicted molar refractivity (Wildman–Crippen MR) is 68.1 cm³/mol. The third-order valence-electron chi connectivity index (χ3n) is 3.77. The first-order valence-electron chi connectivity index (χ1n) is 6.20. The molecule has 0 aliphatic heterocycles. The van der Waals surface area contributed by atoms with Gasteiger partial charge in [-0.05, 0) is 18.4 Å². The zero-order chi connectivity index (χ0) is 13.9. The summed E-state index contributed by atoms with van der Waals surface area (Å²) >= 11 is 0. The highest BCUT2D eigenvalue weighted by atomic mass is 16.5. The number of nitriles is 1. The molecule has 4 nitrogen and oxygen atoms in total. The molecule has 19 heavy (non-hydrogen) atoms. The first-order chi connectivity index (χ1) is 9.13. The number of hydrogen-bond acceptors (Lipinski definition) is 4. The van der Waals surface area contributed by atoms with Gasteiger partial charge in [-0.15, -0.1) is 0 Å². The Morgan fingerprint density at radius 1 is 1.42 bits per heavy atom. The smallest absolute Gasteiger partial charge is 0.316 e. The summed E-state index contributed by atoms with van der Waals surface area (Å²) in [6.45, 7) is 0. The van der Waals surface area contributed by atoms with Gasteiger partial charge in [-0.3, -0.25) is 9.59 Å². The minimum Gasteiger partial charge on any atom is -0.468 e. The van der Waals surface area contributed by atoms with E-state index in [-0.39, 0.29) is 18.6 Å². The van der Waals surface area contributed by atoms with Crippen LogP contribution in [0.25, 0.3) is 0 Å². The molecule has 0 spiro atoms. The van der Waals surface area contributed by atoms with Crippen LogP contribution < -0.4 is 0 Å². The number of ether oxygens (including phenoxy) is 1. The molecule has 2 atom stereocenters. The molecule has 2 rings (SSSR count). The van der Waals surface area contributed by atoms with Gasteiger partial charge in [0.2, 0.25) is 0 Å². The molecule has 0 radical (unpaired) electrons. The van der Waals surface area contributed by atoms with E-state index in [4.69, 9.17) is 0 Å². The largest absolute Gasteiger partial charge is 0.468 e. The van der Waals surface area contributed by atoms with E-state index in [2.05, 4.69) is 10.8 Å². The van der Waals surface area contributed by atoms with E-state index < -0.39 is 17.3 Å². The van der Waals surface area contributed by atoms with E-state index in [0.29, 0.717) is 6.42 Å². The maximum atomic E-state index is 11.8. The molecule has 0 N–H and O–H groups in total. The van der Waals surface area contributed by atoms with Gasteiger partial charge < -0.3 is 4.74 Å². The minimum absolute atomic E-state index is 0.131. The van der Waals surface area contributed by atoms with Gasteiger partial charge >= 0.3 is 5.97 Å². The van der Waals surface area contributed by atoms with Crippen LogP contribution in [0.15, 0.2) is 30.3 Å². The van der Waals surface area contributed by atoms with Crippen LogP contribution in [-0.2, 0) is 19.7 Å². The summed E-state index contributed by atoms with van der Waals surface area (Å²) in [4.78, 5) is 23.5. The van der Waals surface area contributed by atoms with Gasteiger partial charge in [-0.25, -0.2) is 0 Å². The van der Waals surface area contributed by atoms with Gasteiger partial charge in [0.15, 0.2) is 0 Å². The number of carbonyl (C=O) groups is 2. The minimum atomic E-state index is -0.821. The molecule has 1 aromatic rings. The predicted octanol–water partition coefficient (Wildman–Crippen LogP) is 1.99. The average molecular weight is 257 g/mol. The van der Waals surface area contributed by atoms with E-state index in [9.17, 15) is 14.9 Å². The summed E-state index contributed by atoms with van der Waals surface area (Å²) < 4.78 is 4.66. The van der Waals surface area contributed by atoms with Gasteiger partial charge in [0.05, 0.1) is 18.6 Å². The number of methoxy groups -OCH3 is 1. The van der Waals surface area contributed by atoms with Crippen molar-refractivity contribution in [2.24, 2.45) is 5.92 Å². The zero-order valence-electron chi connectivity index (χ0n) is 10.8. The highest BCUT2D eigenvalue weighted by molar-refractivity contribution is 6.00. The molecule has 1 aromatic carbocycles. The van der Waals surface area contributed by atoms with E-state index in [1.54, 1.807) is 0 Å². The first kappa shape index (κ1) is 13.3.